The molecule has 3 nitrogen and oxygen atoms in total. The third kappa shape index (κ3) is 1.00. The van der Waals surface area contributed by atoms with Crippen molar-refractivity contribution in [3.8, 4) is 0 Å². The van der Waals surface area contributed by atoms with Crippen LogP contribution in [0.5, 0.6) is 0 Å². The summed E-state index contributed by atoms with van der Waals surface area (Å²) in [5.74, 6) is 0.191. The van der Waals surface area contributed by atoms with Crippen LogP contribution < -0.4 is 5.32 Å². The molecule has 1 aliphatic heterocycles. The molecule has 1 N–H and O–H groups in total. The minimum Gasteiger partial charge on any atom is -0.325 e. The average Bonchev–Trinajstić information content (AvgIpc) is 2.73. The third-order valence-electron chi connectivity index (χ3n) is 3.46. The number of fused-ring (bicyclic) bond motifs is 2. The number of rotatable bonds is 0. The summed E-state index contributed by atoms with van der Waals surface area (Å²) < 4.78 is 0. The molecule has 1 saturated carbocycles. The molecule has 3 rings (SSSR count). The van der Waals surface area contributed by atoms with E-state index in [9.17, 15) is 9.59 Å². The molecule has 2 aliphatic rings. The third-order valence-corrected chi connectivity index (χ3v) is 3.46. The topological polar surface area (TPSA) is 46.2 Å². The minimum absolute atomic E-state index is 0.00505. The Morgan fingerprint density at radius 3 is 2.73 bits per heavy atom. The van der Waals surface area contributed by atoms with Crippen molar-refractivity contribution in [2.45, 2.75) is 24.7 Å². The number of carbonyl (C=O) groups excluding carboxylic acids is 2. The minimum atomic E-state index is -0.548. The Balaban J connectivity index is 2.17. The van der Waals surface area contributed by atoms with Crippen LogP contribution in [0.2, 0.25) is 0 Å². The van der Waals surface area contributed by atoms with Crippen molar-refractivity contribution in [3.63, 3.8) is 0 Å². The molecule has 0 bridgehead atoms. The fraction of sp³-hybridized carbons (Fsp3) is 0.333. The van der Waals surface area contributed by atoms with Crippen molar-refractivity contribution in [2.24, 2.45) is 0 Å². The van der Waals surface area contributed by atoms with Crippen LogP contribution in [0, 0.1) is 0 Å². The fourth-order valence-electron chi connectivity index (χ4n) is 2.66. The summed E-state index contributed by atoms with van der Waals surface area (Å²) in [4.78, 5) is 23.3. The SMILES string of the molecule is O=C1CC[C@@]2(C1)C(=O)Nc1ccccc12. The number of hydrogen-bond acceptors (Lipinski definition) is 2. The van der Waals surface area contributed by atoms with Crippen molar-refractivity contribution >= 4 is 17.4 Å². The van der Waals surface area contributed by atoms with Crippen molar-refractivity contribution in [3.05, 3.63) is 29.8 Å². The van der Waals surface area contributed by atoms with Crippen LogP contribution in [-0.4, -0.2) is 11.7 Å². The van der Waals surface area contributed by atoms with E-state index < -0.39 is 5.41 Å². The number of para-hydroxylation sites is 1. The van der Waals surface area contributed by atoms with Crippen LogP contribution in [0.25, 0.3) is 0 Å². The lowest BCUT2D eigenvalue weighted by Crippen LogP contribution is -2.31. The summed E-state index contributed by atoms with van der Waals surface area (Å²) in [5.41, 5.74) is 1.33. The second-order valence-corrected chi connectivity index (χ2v) is 4.30. The summed E-state index contributed by atoms with van der Waals surface area (Å²) in [6.07, 6.45) is 1.56. The molecule has 0 radical (unpaired) electrons. The first-order chi connectivity index (χ1) is 7.22. The van der Waals surface area contributed by atoms with Crippen LogP contribution in [0.15, 0.2) is 24.3 Å². The smallest absolute Gasteiger partial charge is 0.235 e. The summed E-state index contributed by atoms with van der Waals surface area (Å²) in [5, 5.41) is 2.86. The molecule has 3 heteroatoms. The maximum Gasteiger partial charge on any atom is 0.235 e. The van der Waals surface area contributed by atoms with Gasteiger partial charge in [0.15, 0.2) is 0 Å². The van der Waals surface area contributed by atoms with Crippen LogP contribution in [0.4, 0.5) is 5.69 Å². The van der Waals surface area contributed by atoms with Crippen LogP contribution >= 0.6 is 0 Å². The highest BCUT2D eigenvalue weighted by Crippen LogP contribution is 2.47. The zero-order chi connectivity index (χ0) is 10.5. The molecule has 1 amide bonds. The van der Waals surface area contributed by atoms with Gasteiger partial charge in [0.05, 0.1) is 5.41 Å². The summed E-state index contributed by atoms with van der Waals surface area (Å²) in [7, 11) is 0. The zero-order valence-corrected chi connectivity index (χ0v) is 8.25. The highest BCUT2D eigenvalue weighted by atomic mass is 16.2. The first kappa shape index (κ1) is 8.65. The van der Waals surface area contributed by atoms with E-state index in [4.69, 9.17) is 0 Å². The quantitative estimate of drug-likeness (QED) is 0.693. The van der Waals surface area contributed by atoms with Crippen molar-refractivity contribution in [2.75, 3.05) is 5.32 Å². The number of ketones is 1. The Hall–Kier alpha value is -1.64. The number of anilines is 1. The summed E-state index contributed by atoms with van der Waals surface area (Å²) in [6, 6.07) is 7.66. The van der Waals surface area contributed by atoms with Gasteiger partial charge in [-0.25, -0.2) is 0 Å². The molecule has 1 aromatic rings. The molecule has 15 heavy (non-hydrogen) atoms. The Kier molecular flexibility index (Phi) is 1.55. The fourth-order valence-corrected chi connectivity index (χ4v) is 2.66. The van der Waals surface area contributed by atoms with Gasteiger partial charge in [-0.2, -0.15) is 0 Å². The lowest BCUT2D eigenvalue weighted by atomic mass is 9.80. The second-order valence-electron chi connectivity index (χ2n) is 4.30. The van der Waals surface area contributed by atoms with Crippen LogP contribution in [0.3, 0.4) is 0 Å². The van der Waals surface area contributed by atoms with E-state index in [0.717, 1.165) is 11.3 Å². The Bertz CT molecular complexity index is 466. The van der Waals surface area contributed by atoms with E-state index in [1.165, 1.54) is 0 Å². The number of amides is 1. The van der Waals surface area contributed by atoms with E-state index in [0.29, 0.717) is 19.3 Å². The second kappa shape index (κ2) is 2.69. The summed E-state index contributed by atoms with van der Waals surface area (Å²) >= 11 is 0. The lowest BCUT2D eigenvalue weighted by molar-refractivity contribution is -0.123. The molecule has 1 aromatic carbocycles. The van der Waals surface area contributed by atoms with E-state index >= 15 is 0 Å². The molecule has 76 valence electrons. The molecular formula is C12H11NO2. The van der Waals surface area contributed by atoms with Crippen molar-refractivity contribution < 1.29 is 9.59 Å². The molecule has 0 aromatic heterocycles. The number of hydrogen-bond donors (Lipinski definition) is 1. The first-order valence-electron chi connectivity index (χ1n) is 5.15. The van der Waals surface area contributed by atoms with E-state index in [1.807, 2.05) is 24.3 Å². The van der Waals surface area contributed by atoms with Gasteiger partial charge in [-0.1, -0.05) is 18.2 Å². The van der Waals surface area contributed by atoms with Gasteiger partial charge in [-0.3, -0.25) is 9.59 Å². The van der Waals surface area contributed by atoms with Gasteiger partial charge in [0.1, 0.15) is 5.78 Å². The van der Waals surface area contributed by atoms with Crippen LogP contribution in [0.1, 0.15) is 24.8 Å². The number of carbonyl (C=O) groups is 2. The van der Waals surface area contributed by atoms with E-state index in [2.05, 4.69) is 5.32 Å². The van der Waals surface area contributed by atoms with Gasteiger partial charge in [0, 0.05) is 18.5 Å². The van der Waals surface area contributed by atoms with Gasteiger partial charge >= 0.3 is 0 Å². The van der Waals surface area contributed by atoms with Gasteiger partial charge in [-0.05, 0) is 18.1 Å². The molecule has 1 fully saturated rings. The Morgan fingerprint density at radius 2 is 2.00 bits per heavy atom. The van der Waals surface area contributed by atoms with Crippen molar-refractivity contribution in [1.82, 2.24) is 0 Å². The molecule has 1 atom stereocenters. The Labute approximate surface area is 87.5 Å². The molecule has 1 aliphatic carbocycles. The Morgan fingerprint density at radius 1 is 1.20 bits per heavy atom. The molecule has 0 unspecified atom stereocenters. The van der Waals surface area contributed by atoms with E-state index in [-0.39, 0.29) is 11.7 Å². The maximum absolute atomic E-state index is 11.9. The monoisotopic (exact) mass is 201 g/mol. The largest absolute Gasteiger partial charge is 0.325 e. The number of nitrogens with one attached hydrogen (secondary N) is 1. The highest BCUT2D eigenvalue weighted by Gasteiger charge is 2.50. The van der Waals surface area contributed by atoms with Gasteiger partial charge in [-0.15, -0.1) is 0 Å². The van der Waals surface area contributed by atoms with Gasteiger partial charge < -0.3 is 5.32 Å². The molecule has 1 heterocycles. The average molecular weight is 201 g/mol. The number of Topliss-reactive ketones (excluding diaryl/α,β-unsaturated/α-hetero) is 1. The normalized spacial score (nSPS) is 28.3. The predicted octanol–water partition coefficient (Wildman–Crippen LogP) is 1.63. The van der Waals surface area contributed by atoms with Gasteiger partial charge in [0.25, 0.3) is 0 Å². The standard InChI is InChI=1S/C12H11NO2/c14-8-5-6-12(7-8)9-3-1-2-4-10(9)13-11(12)15/h1-4H,5-7H2,(H,13,15)/t12-/m0/s1. The maximum atomic E-state index is 11.9. The molecule has 1 spiro atoms. The zero-order valence-electron chi connectivity index (χ0n) is 8.25. The van der Waals surface area contributed by atoms with Gasteiger partial charge in [0.2, 0.25) is 5.91 Å². The molecule has 0 saturated heterocycles. The van der Waals surface area contributed by atoms with Crippen LogP contribution in [-0.2, 0) is 15.0 Å². The van der Waals surface area contributed by atoms with Crippen molar-refractivity contribution in [1.29, 1.82) is 0 Å². The number of benzene rings is 1. The predicted molar refractivity (Wildman–Crippen MR) is 55.6 cm³/mol. The van der Waals surface area contributed by atoms with E-state index in [1.54, 1.807) is 0 Å². The highest BCUT2D eigenvalue weighted by molar-refractivity contribution is 6.10. The summed E-state index contributed by atoms with van der Waals surface area (Å²) in [6.45, 7) is 0. The lowest BCUT2D eigenvalue weighted by Gasteiger charge is -2.19. The molecular weight excluding hydrogens is 190 g/mol. The first-order valence-corrected chi connectivity index (χ1v) is 5.15.